The molecule has 0 spiro atoms. The smallest absolute Gasteiger partial charge is 0.339 e. The van der Waals surface area contributed by atoms with Crippen molar-refractivity contribution in [2.24, 2.45) is 5.41 Å². The number of anilines is 1. The van der Waals surface area contributed by atoms with E-state index in [1.54, 1.807) is 12.3 Å². The van der Waals surface area contributed by atoms with Crippen molar-refractivity contribution in [1.29, 1.82) is 0 Å². The van der Waals surface area contributed by atoms with Gasteiger partial charge in [0.2, 0.25) is 0 Å². The van der Waals surface area contributed by atoms with Crippen molar-refractivity contribution in [3.05, 3.63) is 24.0 Å². The molecule has 1 aliphatic carbocycles. The molecule has 4 heteroatoms. The Morgan fingerprint density at radius 3 is 2.88 bits per heavy atom. The van der Waals surface area contributed by atoms with E-state index in [-0.39, 0.29) is 5.56 Å². The monoisotopic (exact) mass is 234 g/mol. The molecule has 0 amide bonds. The van der Waals surface area contributed by atoms with Crippen LogP contribution in [0.3, 0.4) is 0 Å². The number of hydrogen-bond donors (Lipinski definition) is 2. The van der Waals surface area contributed by atoms with Gasteiger partial charge in [0.1, 0.15) is 5.56 Å². The summed E-state index contributed by atoms with van der Waals surface area (Å²) in [4.78, 5) is 14.9. The predicted molar refractivity (Wildman–Crippen MR) is 66.3 cm³/mol. The average Bonchev–Trinajstić information content (AvgIpc) is 2.74. The Kier molecular flexibility index (Phi) is 3.31. The Labute approximate surface area is 101 Å². The van der Waals surface area contributed by atoms with Crippen LogP contribution < -0.4 is 5.32 Å². The van der Waals surface area contributed by atoms with E-state index in [4.69, 9.17) is 5.11 Å². The maximum atomic E-state index is 11.0. The van der Waals surface area contributed by atoms with Crippen molar-refractivity contribution < 1.29 is 9.90 Å². The van der Waals surface area contributed by atoms with Gasteiger partial charge in [0.05, 0.1) is 5.69 Å². The summed E-state index contributed by atoms with van der Waals surface area (Å²) in [7, 11) is 0. The molecule has 0 bridgehead atoms. The van der Waals surface area contributed by atoms with Crippen LogP contribution in [0.5, 0.6) is 0 Å². The molecule has 0 aliphatic heterocycles. The molecule has 1 saturated carbocycles. The van der Waals surface area contributed by atoms with Gasteiger partial charge in [-0.1, -0.05) is 19.8 Å². The normalized spacial score (nSPS) is 17.9. The third kappa shape index (κ3) is 2.75. The molecule has 0 radical (unpaired) electrons. The van der Waals surface area contributed by atoms with Crippen molar-refractivity contribution in [2.75, 3.05) is 11.9 Å². The number of hydrogen-bond acceptors (Lipinski definition) is 3. The fraction of sp³-hybridized carbons (Fsp3) is 0.538. The first kappa shape index (κ1) is 11.9. The SMILES string of the molecule is CC1(CNc2ccncc2C(=O)O)CCCC1. The van der Waals surface area contributed by atoms with Gasteiger partial charge in [0, 0.05) is 18.9 Å². The molecule has 0 saturated heterocycles. The minimum absolute atomic E-state index is 0.245. The van der Waals surface area contributed by atoms with E-state index in [9.17, 15) is 4.79 Å². The molecule has 1 aromatic heterocycles. The number of rotatable bonds is 4. The topological polar surface area (TPSA) is 62.2 Å². The van der Waals surface area contributed by atoms with Crippen LogP contribution in [0, 0.1) is 5.41 Å². The zero-order valence-corrected chi connectivity index (χ0v) is 10.1. The first-order valence-corrected chi connectivity index (χ1v) is 6.02. The second kappa shape index (κ2) is 4.73. The lowest BCUT2D eigenvalue weighted by molar-refractivity contribution is 0.0697. The minimum atomic E-state index is -0.933. The number of nitrogens with one attached hydrogen (secondary N) is 1. The summed E-state index contributed by atoms with van der Waals surface area (Å²) in [6, 6.07) is 1.72. The standard InChI is InChI=1S/C13H18N2O2/c1-13(5-2-3-6-13)9-15-11-4-7-14-8-10(11)12(16)17/h4,7-8H,2-3,5-6,9H2,1H3,(H,14,15)(H,16,17). The maximum Gasteiger partial charge on any atom is 0.339 e. The molecule has 2 rings (SSSR count). The molecule has 1 aromatic rings. The summed E-state index contributed by atoms with van der Waals surface area (Å²) < 4.78 is 0. The number of carboxylic acid groups (broad SMARTS) is 1. The first-order chi connectivity index (χ1) is 8.11. The lowest BCUT2D eigenvalue weighted by Crippen LogP contribution is -2.23. The zero-order valence-electron chi connectivity index (χ0n) is 10.1. The molecule has 4 nitrogen and oxygen atoms in total. The van der Waals surface area contributed by atoms with Crippen LogP contribution in [0.2, 0.25) is 0 Å². The zero-order chi connectivity index (χ0) is 12.3. The highest BCUT2D eigenvalue weighted by molar-refractivity contribution is 5.93. The fourth-order valence-electron chi connectivity index (χ4n) is 2.43. The highest BCUT2D eigenvalue weighted by Gasteiger charge is 2.28. The summed E-state index contributed by atoms with van der Waals surface area (Å²) in [6.45, 7) is 3.09. The van der Waals surface area contributed by atoms with E-state index in [1.807, 2.05) is 0 Å². The van der Waals surface area contributed by atoms with Crippen LogP contribution in [0.1, 0.15) is 43.0 Å². The molecule has 1 fully saturated rings. The van der Waals surface area contributed by atoms with Crippen LogP contribution in [0.4, 0.5) is 5.69 Å². The number of pyridine rings is 1. The van der Waals surface area contributed by atoms with Crippen molar-refractivity contribution in [1.82, 2.24) is 4.98 Å². The maximum absolute atomic E-state index is 11.0. The second-order valence-corrected chi connectivity index (χ2v) is 5.10. The fourth-order valence-corrected chi connectivity index (χ4v) is 2.43. The highest BCUT2D eigenvalue weighted by Crippen LogP contribution is 2.37. The Bertz CT molecular complexity index is 412. The van der Waals surface area contributed by atoms with Gasteiger partial charge in [-0.3, -0.25) is 4.98 Å². The molecule has 17 heavy (non-hydrogen) atoms. The van der Waals surface area contributed by atoms with Crippen molar-refractivity contribution >= 4 is 11.7 Å². The molecular weight excluding hydrogens is 216 g/mol. The van der Waals surface area contributed by atoms with E-state index in [0.717, 1.165) is 6.54 Å². The molecule has 92 valence electrons. The largest absolute Gasteiger partial charge is 0.478 e. The minimum Gasteiger partial charge on any atom is -0.478 e. The third-order valence-corrected chi connectivity index (χ3v) is 3.57. The van der Waals surface area contributed by atoms with Gasteiger partial charge in [-0.25, -0.2) is 4.79 Å². The van der Waals surface area contributed by atoms with Gasteiger partial charge in [-0.2, -0.15) is 0 Å². The number of nitrogens with zero attached hydrogens (tertiary/aromatic N) is 1. The Morgan fingerprint density at radius 2 is 2.24 bits per heavy atom. The summed E-state index contributed by atoms with van der Waals surface area (Å²) in [5.74, 6) is -0.933. The molecule has 2 N–H and O–H groups in total. The van der Waals surface area contributed by atoms with Gasteiger partial charge in [0.25, 0.3) is 0 Å². The second-order valence-electron chi connectivity index (χ2n) is 5.10. The number of carboxylic acids is 1. The van der Waals surface area contributed by atoms with Crippen LogP contribution in [0.15, 0.2) is 18.5 Å². The van der Waals surface area contributed by atoms with Crippen LogP contribution in [-0.4, -0.2) is 22.6 Å². The van der Waals surface area contributed by atoms with Crippen molar-refractivity contribution in [3.8, 4) is 0 Å². The van der Waals surface area contributed by atoms with E-state index < -0.39 is 5.97 Å². The van der Waals surface area contributed by atoms with E-state index in [1.165, 1.54) is 31.9 Å². The quantitative estimate of drug-likeness (QED) is 0.840. The van der Waals surface area contributed by atoms with Gasteiger partial charge in [0.15, 0.2) is 0 Å². The van der Waals surface area contributed by atoms with Crippen LogP contribution in [-0.2, 0) is 0 Å². The van der Waals surface area contributed by atoms with Gasteiger partial charge < -0.3 is 10.4 Å². The van der Waals surface area contributed by atoms with Crippen LogP contribution in [0.25, 0.3) is 0 Å². The Morgan fingerprint density at radius 1 is 1.53 bits per heavy atom. The van der Waals surface area contributed by atoms with Crippen molar-refractivity contribution in [3.63, 3.8) is 0 Å². The molecule has 1 heterocycles. The molecule has 1 aliphatic rings. The molecule has 0 atom stereocenters. The van der Waals surface area contributed by atoms with Gasteiger partial charge >= 0.3 is 5.97 Å². The number of carbonyl (C=O) groups is 1. The summed E-state index contributed by atoms with van der Waals surface area (Å²) >= 11 is 0. The van der Waals surface area contributed by atoms with Gasteiger partial charge in [-0.15, -0.1) is 0 Å². The van der Waals surface area contributed by atoms with E-state index in [2.05, 4.69) is 17.2 Å². The number of aromatic carboxylic acids is 1. The predicted octanol–water partition coefficient (Wildman–Crippen LogP) is 2.77. The lowest BCUT2D eigenvalue weighted by atomic mass is 9.89. The molecular formula is C13H18N2O2. The average molecular weight is 234 g/mol. The van der Waals surface area contributed by atoms with Gasteiger partial charge in [-0.05, 0) is 24.3 Å². The van der Waals surface area contributed by atoms with E-state index in [0.29, 0.717) is 11.1 Å². The van der Waals surface area contributed by atoms with E-state index >= 15 is 0 Å². The summed E-state index contributed by atoms with van der Waals surface area (Å²) in [5.41, 5.74) is 1.22. The summed E-state index contributed by atoms with van der Waals surface area (Å²) in [6.07, 6.45) is 8.00. The molecule has 0 unspecified atom stereocenters. The molecule has 0 aromatic carbocycles. The van der Waals surface area contributed by atoms with Crippen molar-refractivity contribution in [2.45, 2.75) is 32.6 Å². The van der Waals surface area contributed by atoms with Crippen LogP contribution >= 0.6 is 0 Å². The highest BCUT2D eigenvalue weighted by atomic mass is 16.4. The first-order valence-electron chi connectivity index (χ1n) is 6.02. The lowest BCUT2D eigenvalue weighted by Gasteiger charge is -2.24. The third-order valence-electron chi connectivity index (χ3n) is 3.57. The number of aromatic nitrogens is 1. The Balaban J connectivity index is 2.06. The Hall–Kier alpha value is -1.58. The summed E-state index contributed by atoms with van der Waals surface area (Å²) in [5, 5.41) is 12.3.